The highest BCUT2D eigenvalue weighted by atomic mass is 16.5. The Morgan fingerprint density at radius 3 is 2.71 bits per heavy atom. The number of hydrogen-bond acceptors (Lipinski definition) is 4. The summed E-state index contributed by atoms with van der Waals surface area (Å²) in [6.45, 7) is 8.39. The molecule has 0 amide bonds. The second kappa shape index (κ2) is 5.52. The Morgan fingerprint density at radius 2 is 2.18 bits per heavy atom. The van der Waals surface area contributed by atoms with E-state index in [0.717, 1.165) is 5.69 Å². The minimum absolute atomic E-state index is 0.0220. The van der Waals surface area contributed by atoms with E-state index in [-0.39, 0.29) is 5.84 Å². The highest BCUT2D eigenvalue weighted by molar-refractivity contribution is 6.00. The molecule has 3 N–H and O–H groups in total. The molecule has 0 spiro atoms. The van der Waals surface area contributed by atoms with Crippen molar-refractivity contribution in [2.24, 2.45) is 16.8 Å². The van der Waals surface area contributed by atoms with Crippen molar-refractivity contribution < 1.29 is 9.94 Å². The predicted octanol–water partition coefficient (Wildman–Crippen LogP) is 1.83. The standard InChI is InChI=1S/C12H19N3O2/c1-7(2)6-17-10-5-8(3)14-9(4)11(10)12(13)15-16/h5,7,16H,6H2,1-4H3,(H2,13,15). The van der Waals surface area contributed by atoms with Gasteiger partial charge in [-0.25, -0.2) is 0 Å². The van der Waals surface area contributed by atoms with Gasteiger partial charge in [-0.1, -0.05) is 19.0 Å². The molecule has 17 heavy (non-hydrogen) atoms. The molecule has 0 bridgehead atoms. The molecule has 5 nitrogen and oxygen atoms in total. The van der Waals surface area contributed by atoms with E-state index in [2.05, 4.69) is 24.0 Å². The molecule has 1 rings (SSSR count). The number of nitrogens with zero attached hydrogens (tertiary/aromatic N) is 2. The van der Waals surface area contributed by atoms with E-state index in [1.165, 1.54) is 0 Å². The molecule has 0 radical (unpaired) electrons. The first-order valence-electron chi connectivity index (χ1n) is 5.54. The van der Waals surface area contributed by atoms with Gasteiger partial charge in [0.15, 0.2) is 5.84 Å². The number of oxime groups is 1. The van der Waals surface area contributed by atoms with Gasteiger partial charge in [0.25, 0.3) is 0 Å². The number of hydrogen-bond donors (Lipinski definition) is 2. The fourth-order valence-electron chi connectivity index (χ4n) is 1.52. The first-order chi connectivity index (χ1) is 7.95. The van der Waals surface area contributed by atoms with Crippen molar-refractivity contribution in [3.8, 4) is 5.75 Å². The van der Waals surface area contributed by atoms with Crippen LogP contribution in [0.25, 0.3) is 0 Å². The topological polar surface area (TPSA) is 80.7 Å². The molecule has 0 aliphatic carbocycles. The van der Waals surface area contributed by atoms with Gasteiger partial charge >= 0.3 is 0 Å². The average Bonchev–Trinajstić information content (AvgIpc) is 2.24. The number of nitrogens with two attached hydrogens (primary N) is 1. The average molecular weight is 237 g/mol. The fourth-order valence-corrected chi connectivity index (χ4v) is 1.52. The Bertz CT molecular complexity index is 428. The van der Waals surface area contributed by atoms with Gasteiger partial charge in [-0.2, -0.15) is 0 Å². The molecule has 0 aliphatic heterocycles. The van der Waals surface area contributed by atoms with Crippen LogP contribution in [-0.4, -0.2) is 22.6 Å². The Morgan fingerprint density at radius 1 is 1.53 bits per heavy atom. The van der Waals surface area contributed by atoms with Crippen LogP contribution in [0.15, 0.2) is 11.2 Å². The fraction of sp³-hybridized carbons (Fsp3) is 0.500. The zero-order valence-electron chi connectivity index (χ0n) is 10.7. The highest BCUT2D eigenvalue weighted by Gasteiger charge is 2.14. The van der Waals surface area contributed by atoms with Crippen molar-refractivity contribution in [1.82, 2.24) is 4.98 Å². The lowest BCUT2D eigenvalue weighted by Gasteiger charge is -2.14. The van der Waals surface area contributed by atoms with Crippen LogP contribution in [0.1, 0.15) is 30.8 Å². The summed E-state index contributed by atoms with van der Waals surface area (Å²) in [5.74, 6) is 1.04. The van der Waals surface area contributed by atoms with E-state index in [0.29, 0.717) is 29.5 Å². The van der Waals surface area contributed by atoms with E-state index in [9.17, 15) is 0 Å². The van der Waals surface area contributed by atoms with E-state index in [4.69, 9.17) is 15.7 Å². The second-order valence-corrected chi connectivity index (χ2v) is 4.41. The van der Waals surface area contributed by atoms with Gasteiger partial charge in [0, 0.05) is 11.8 Å². The zero-order chi connectivity index (χ0) is 13.0. The van der Waals surface area contributed by atoms with Gasteiger partial charge in [-0.3, -0.25) is 4.98 Å². The zero-order valence-corrected chi connectivity index (χ0v) is 10.7. The van der Waals surface area contributed by atoms with Gasteiger partial charge < -0.3 is 15.7 Å². The van der Waals surface area contributed by atoms with Crippen molar-refractivity contribution in [2.75, 3.05) is 6.61 Å². The quantitative estimate of drug-likeness (QED) is 0.362. The third kappa shape index (κ3) is 3.34. The Hall–Kier alpha value is -1.78. The molecule has 0 atom stereocenters. The first-order valence-corrected chi connectivity index (χ1v) is 5.54. The summed E-state index contributed by atoms with van der Waals surface area (Å²) in [6.07, 6.45) is 0. The molecular formula is C12H19N3O2. The molecule has 1 aromatic heterocycles. The summed E-state index contributed by atoms with van der Waals surface area (Å²) in [5.41, 5.74) is 7.72. The molecule has 5 heteroatoms. The van der Waals surface area contributed by atoms with E-state index in [1.807, 2.05) is 13.8 Å². The molecule has 94 valence electrons. The van der Waals surface area contributed by atoms with Crippen LogP contribution >= 0.6 is 0 Å². The molecule has 0 saturated carbocycles. The summed E-state index contributed by atoms with van der Waals surface area (Å²) in [6, 6.07) is 1.79. The molecule has 0 fully saturated rings. The van der Waals surface area contributed by atoms with Crippen molar-refractivity contribution in [3.05, 3.63) is 23.0 Å². The molecule has 1 heterocycles. The minimum Gasteiger partial charge on any atom is -0.492 e. The normalized spacial score (nSPS) is 11.9. The summed E-state index contributed by atoms with van der Waals surface area (Å²) < 4.78 is 5.67. The summed E-state index contributed by atoms with van der Waals surface area (Å²) in [4.78, 5) is 4.28. The number of rotatable bonds is 4. The van der Waals surface area contributed by atoms with Crippen LogP contribution in [0.3, 0.4) is 0 Å². The third-order valence-electron chi connectivity index (χ3n) is 2.23. The molecule has 0 aliphatic rings. The Kier molecular flexibility index (Phi) is 4.31. The van der Waals surface area contributed by atoms with Gasteiger partial charge in [0.05, 0.1) is 17.9 Å². The van der Waals surface area contributed by atoms with Gasteiger partial charge in [-0.05, 0) is 19.8 Å². The number of pyridine rings is 1. The van der Waals surface area contributed by atoms with E-state index in [1.54, 1.807) is 6.07 Å². The van der Waals surface area contributed by atoms with Crippen molar-refractivity contribution in [2.45, 2.75) is 27.7 Å². The lowest BCUT2D eigenvalue weighted by atomic mass is 10.1. The van der Waals surface area contributed by atoms with Crippen LogP contribution < -0.4 is 10.5 Å². The number of aromatic nitrogens is 1. The smallest absolute Gasteiger partial charge is 0.175 e. The maximum Gasteiger partial charge on any atom is 0.175 e. The molecule has 1 aromatic rings. The lowest BCUT2D eigenvalue weighted by molar-refractivity contribution is 0.269. The molecule has 0 aromatic carbocycles. The SMILES string of the molecule is Cc1cc(OCC(C)C)c(/C(N)=N/O)c(C)n1. The maximum atomic E-state index is 8.76. The monoisotopic (exact) mass is 237 g/mol. The van der Waals surface area contributed by atoms with Gasteiger partial charge in [0.2, 0.25) is 0 Å². The largest absolute Gasteiger partial charge is 0.492 e. The van der Waals surface area contributed by atoms with Gasteiger partial charge in [0.1, 0.15) is 5.75 Å². The van der Waals surface area contributed by atoms with Crippen LogP contribution in [0.4, 0.5) is 0 Å². The third-order valence-corrected chi connectivity index (χ3v) is 2.23. The minimum atomic E-state index is 0.0220. The van der Waals surface area contributed by atoms with Crippen LogP contribution in [0.5, 0.6) is 5.75 Å². The van der Waals surface area contributed by atoms with Crippen molar-refractivity contribution >= 4 is 5.84 Å². The van der Waals surface area contributed by atoms with Gasteiger partial charge in [-0.15, -0.1) is 0 Å². The van der Waals surface area contributed by atoms with E-state index < -0.39 is 0 Å². The molecule has 0 unspecified atom stereocenters. The Labute approximate surface area is 101 Å². The summed E-state index contributed by atoms with van der Waals surface area (Å²) in [7, 11) is 0. The highest BCUT2D eigenvalue weighted by Crippen LogP contribution is 2.22. The lowest BCUT2D eigenvalue weighted by Crippen LogP contribution is -2.18. The van der Waals surface area contributed by atoms with Crippen LogP contribution in [0.2, 0.25) is 0 Å². The number of ether oxygens (including phenoxy) is 1. The van der Waals surface area contributed by atoms with E-state index >= 15 is 0 Å². The summed E-state index contributed by atoms with van der Waals surface area (Å²) >= 11 is 0. The number of amidine groups is 1. The maximum absolute atomic E-state index is 8.76. The van der Waals surface area contributed by atoms with Crippen molar-refractivity contribution in [3.63, 3.8) is 0 Å². The Balaban J connectivity index is 3.16. The van der Waals surface area contributed by atoms with Crippen LogP contribution in [-0.2, 0) is 0 Å². The van der Waals surface area contributed by atoms with Crippen molar-refractivity contribution in [1.29, 1.82) is 0 Å². The predicted molar refractivity (Wildman–Crippen MR) is 66.6 cm³/mol. The molecular weight excluding hydrogens is 218 g/mol. The first kappa shape index (κ1) is 13.3. The second-order valence-electron chi connectivity index (χ2n) is 4.41. The van der Waals surface area contributed by atoms with Crippen LogP contribution in [0, 0.1) is 19.8 Å². The summed E-state index contributed by atoms with van der Waals surface area (Å²) in [5, 5.41) is 11.8. The molecule has 0 saturated heterocycles. The number of aryl methyl sites for hydroxylation is 2.